The summed E-state index contributed by atoms with van der Waals surface area (Å²) in [5, 5.41) is 25.5. The normalized spacial score (nSPS) is 12.6. The van der Waals surface area contributed by atoms with Gasteiger partial charge in [-0.15, -0.1) is 21.5 Å². The summed E-state index contributed by atoms with van der Waals surface area (Å²) < 4.78 is 17.4. The molecule has 11 heteroatoms. The molecule has 0 saturated carbocycles. The van der Waals surface area contributed by atoms with E-state index in [-0.39, 0.29) is 30.5 Å². The first-order valence-electron chi connectivity index (χ1n) is 12.1. The number of nitrogens with one attached hydrogen (secondary N) is 1. The number of aliphatic hydroxyl groups excluding tert-OH is 1. The number of benzene rings is 2. The summed E-state index contributed by atoms with van der Waals surface area (Å²) in [5.41, 5.74) is 2.89. The fourth-order valence-corrected chi connectivity index (χ4v) is 4.73. The molecule has 5 rings (SSSR count). The lowest BCUT2D eigenvalue weighted by atomic mass is 10.1. The number of fused-ring (bicyclic) bond motifs is 1. The molecule has 0 aliphatic carbocycles. The van der Waals surface area contributed by atoms with E-state index in [0.717, 1.165) is 26.4 Å². The molecule has 0 aliphatic rings. The first kappa shape index (κ1) is 25.7. The van der Waals surface area contributed by atoms with Gasteiger partial charge in [-0.1, -0.05) is 41.6 Å². The second-order valence-electron chi connectivity index (χ2n) is 9.68. The van der Waals surface area contributed by atoms with Crippen LogP contribution in [0.4, 0.5) is 0 Å². The number of carbonyl (C=O) groups is 1. The Morgan fingerprint density at radius 3 is 2.66 bits per heavy atom. The van der Waals surface area contributed by atoms with E-state index in [1.54, 1.807) is 11.3 Å². The maximum atomic E-state index is 12.4. The van der Waals surface area contributed by atoms with Crippen molar-refractivity contribution in [2.24, 2.45) is 0 Å². The number of amides is 1. The van der Waals surface area contributed by atoms with Gasteiger partial charge in [0.1, 0.15) is 17.1 Å². The van der Waals surface area contributed by atoms with Gasteiger partial charge in [0.05, 0.1) is 28.8 Å². The van der Waals surface area contributed by atoms with Crippen LogP contribution in [0.1, 0.15) is 55.3 Å². The van der Waals surface area contributed by atoms with Gasteiger partial charge in [0.15, 0.2) is 5.76 Å². The Bertz CT molecular complexity index is 1540. The van der Waals surface area contributed by atoms with E-state index in [1.807, 2.05) is 45.0 Å². The molecule has 10 nitrogen and oxygen atoms in total. The summed E-state index contributed by atoms with van der Waals surface area (Å²) in [7, 11) is 0. The predicted molar refractivity (Wildman–Crippen MR) is 140 cm³/mol. The second kappa shape index (κ2) is 10.8. The first-order valence-corrected chi connectivity index (χ1v) is 12.9. The van der Waals surface area contributed by atoms with Crippen molar-refractivity contribution in [1.29, 1.82) is 0 Å². The van der Waals surface area contributed by atoms with Gasteiger partial charge >= 0.3 is 0 Å². The van der Waals surface area contributed by atoms with E-state index < -0.39 is 11.9 Å². The highest BCUT2D eigenvalue weighted by Gasteiger charge is 2.21. The van der Waals surface area contributed by atoms with Gasteiger partial charge < -0.3 is 24.1 Å². The molecular weight excluding hydrogens is 506 g/mol. The van der Waals surface area contributed by atoms with Gasteiger partial charge in [-0.25, -0.2) is 4.98 Å². The molecule has 0 bridgehead atoms. The van der Waals surface area contributed by atoms with Crippen LogP contribution in [0.15, 0.2) is 63.5 Å². The summed E-state index contributed by atoms with van der Waals surface area (Å²) in [5.74, 6) is 0.653. The highest BCUT2D eigenvalue weighted by Crippen LogP contribution is 2.29. The summed E-state index contributed by atoms with van der Waals surface area (Å²) in [4.78, 5) is 17.0. The highest BCUT2D eigenvalue weighted by molar-refractivity contribution is 7.18. The maximum Gasteiger partial charge on any atom is 0.229 e. The molecule has 0 fully saturated rings. The van der Waals surface area contributed by atoms with Gasteiger partial charge in [0.2, 0.25) is 24.0 Å². The molecule has 3 aromatic heterocycles. The molecule has 3 heterocycles. The third-order valence-corrected chi connectivity index (χ3v) is 6.44. The Balaban J connectivity index is 1.15. The zero-order chi connectivity index (χ0) is 26.7. The van der Waals surface area contributed by atoms with Crippen LogP contribution < -0.4 is 5.32 Å². The SMILES string of the molecule is CC(C)(C)O[C@H](O)c1cc(CNC(=O)Cc2nnc(Cc3nc4ccc(-c5ccccc5)cc4s3)o2)on1. The van der Waals surface area contributed by atoms with Crippen LogP contribution in [0.5, 0.6) is 0 Å². The topological polar surface area (TPSA) is 136 Å². The molecular formula is C27H27N5O5S. The number of nitrogens with zero attached hydrogens (tertiary/aromatic N) is 4. The average molecular weight is 534 g/mol. The molecule has 5 aromatic rings. The fourth-order valence-electron chi connectivity index (χ4n) is 3.73. The highest BCUT2D eigenvalue weighted by atomic mass is 32.1. The summed E-state index contributed by atoms with van der Waals surface area (Å²) >= 11 is 1.58. The lowest BCUT2D eigenvalue weighted by molar-refractivity contribution is -0.172. The van der Waals surface area contributed by atoms with E-state index in [9.17, 15) is 9.90 Å². The third kappa shape index (κ3) is 6.49. The largest absolute Gasteiger partial charge is 0.424 e. The molecule has 0 unspecified atom stereocenters. The van der Waals surface area contributed by atoms with E-state index in [1.165, 1.54) is 6.07 Å². The summed E-state index contributed by atoms with van der Waals surface area (Å²) in [6.45, 7) is 5.55. The Hall–Kier alpha value is -3.93. The van der Waals surface area contributed by atoms with Gasteiger partial charge in [-0.3, -0.25) is 4.79 Å². The van der Waals surface area contributed by atoms with Crippen molar-refractivity contribution in [2.75, 3.05) is 0 Å². The van der Waals surface area contributed by atoms with Crippen molar-refractivity contribution in [3.05, 3.63) is 82.8 Å². The zero-order valence-electron chi connectivity index (χ0n) is 21.2. The Labute approximate surface area is 222 Å². The van der Waals surface area contributed by atoms with Crippen LogP contribution in [0.3, 0.4) is 0 Å². The monoisotopic (exact) mass is 533 g/mol. The number of rotatable bonds is 9. The standard InChI is InChI=1S/C27H27N5O5S/c1-27(2,3)36-26(34)20-12-18(37-32-20)15-28-22(33)13-23-30-31-24(35-23)14-25-29-19-10-9-17(11-21(19)38-25)16-7-5-4-6-8-16/h4-12,26,34H,13-15H2,1-3H3,(H,28,33)/t26-/m0/s1. The molecule has 38 heavy (non-hydrogen) atoms. The second-order valence-corrected chi connectivity index (χ2v) is 10.8. The van der Waals surface area contributed by atoms with Gasteiger partial charge in [0, 0.05) is 6.07 Å². The molecule has 1 amide bonds. The Morgan fingerprint density at radius 2 is 1.87 bits per heavy atom. The summed E-state index contributed by atoms with van der Waals surface area (Å²) in [6, 6.07) is 17.9. The molecule has 0 spiro atoms. The van der Waals surface area contributed by atoms with Crippen LogP contribution in [-0.4, -0.2) is 37.0 Å². The minimum Gasteiger partial charge on any atom is -0.424 e. The number of hydrogen-bond donors (Lipinski definition) is 2. The average Bonchev–Trinajstić information content (AvgIpc) is 3.62. The third-order valence-electron chi connectivity index (χ3n) is 5.42. The molecule has 0 saturated heterocycles. The Morgan fingerprint density at radius 1 is 1.08 bits per heavy atom. The molecule has 2 aromatic carbocycles. The van der Waals surface area contributed by atoms with E-state index in [2.05, 4.69) is 49.9 Å². The molecule has 196 valence electrons. The number of aromatic nitrogens is 4. The van der Waals surface area contributed by atoms with Crippen LogP contribution in [0.2, 0.25) is 0 Å². The number of thiazole rings is 1. The van der Waals surface area contributed by atoms with E-state index in [0.29, 0.717) is 18.1 Å². The van der Waals surface area contributed by atoms with E-state index >= 15 is 0 Å². The van der Waals surface area contributed by atoms with Crippen molar-refractivity contribution in [2.45, 2.75) is 52.0 Å². The van der Waals surface area contributed by atoms with Crippen molar-refractivity contribution in [1.82, 2.24) is 25.7 Å². The lowest BCUT2D eigenvalue weighted by Gasteiger charge is -2.22. The van der Waals surface area contributed by atoms with Gasteiger partial charge in [-0.2, -0.15) is 0 Å². The number of hydrogen-bond acceptors (Lipinski definition) is 10. The minimum atomic E-state index is -1.22. The zero-order valence-corrected chi connectivity index (χ0v) is 22.0. The molecule has 0 aliphatic heterocycles. The number of carbonyl (C=O) groups excluding carboxylic acids is 1. The molecule has 2 N–H and O–H groups in total. The van der Waals surface area contributed by atoms with Crippen LogP contribution in [0.25, 0.3) is 21.3 Å². The quantitative estimate of drug-likeness (QED) is 0.261. The van der Waals surface area contributed by atoms with Crippen LogP contribution in [0, 0.1) is 0 Å². The van der Waals surface area contributed by atoms with Crippen molar-refractivity contribution >= 4 is 27.5 Å². The minimum absolute atomic E-state index is 0.0793. The predicted octanol–water partition coefficient (Wildman–Crippen LogP) is 4.59. The molecule has 1 atom stereocenters. The van der Waals surface area contributed by atoms with Crippen molar-refractivity contribution < 1.29 is 23.6 Å². The lowest BCUT2D eigenvalue weighted by Crippen LogP contribution is -2.24. The van der Waals surface area contributed by atoms with Crippen LogP contribution >= 0.6 is 11.3 Å². The van der Waals surface area contributed by atoms with Crippen LogP contribution in [-0.2, 0) is 28.9 Å². The summed E-state index contributed by atoms with van der Waals surface area (Å²) in [6.07, 6.45) is -0.917. The fraction of sp³-hybridized carbons (Fsp3) is 0.296. The van der Waals surface area contributed by atoms with Crippen molar-refractivity contribution in [3.63, 3.8) is 0 Å². The van der Waals surface area contributed by atoms with Gasteiger partial charge in [0.25, 0.3) is 0 Å². The Kier molecular flexibility index (Phi) is 7.32. The maximum absolute atomic E-state index is 12.4. The number of aliphatic hydroxyl groups is 1. The van der Waals surface area contributed by atoms with Gasteiger partial charge in [-0.05, 0) is 44.0 Å². The molecule has 0 radical (unpaired) electrons. The number of ether oxygens (including phenoxy) is 1. The smallest absolute Gasteiger partial charge is 0.229 e. The van der Waals surface area contributed by atoms with E-state index in [4.69, 9.17) is 13.7 Å². The first-order chi connectivity index (χ1) is 18.2. The van der Waals surface area contributed by atoms with Crippen molar-refractivity contribution in [3.8, 4) is 11.1 Å².